The van der Waals surface area contributed by atoms with E-state index >= 15 is 0 Å². The van der Waals surface area contributed by atoms with Crippen LogP contribution in [0, 0.1) is 10.1 Å². The molecule has 2 rings (SSSR count). The van der Waals surface area contributed by atoms with E-state index in [4.69, 9.17) is 0 Å². The highest BCUT2D eigenvalue weighted by atomic mass is 79.9. The van der Waals surface area contributed by atoms with Crippen LogP contribution in [0.4, 0.5) is 11.4 Å². The fourth-order valence-corrected chi connectivity index (χ4v) is 2.57. The molecule has 0 saturated carbocycles. The van der Waals surface area contributed by atoms with Gasteiger partial charge < -0.3 is 10.6 Å². The second-order valence-electron chi connectivity index (χ2n) is 4.28. The second kappa shape index (κ2) is 6.10. The molecule has 0 spiro atoms. The van der Waals surface area contributed by atoms with Gasteiger partial charge in [0.1, 0.15) is 11.9 Å². The van der Waals surface area contributed by atoms with Crippen molar-refractivity contribution in [1.29, 1.82) is 0 Å². The Morgan fingerprint density at radius 2 is 2.44 bits per heavy atom. The van der Waals surface area contributed by atoms with E-state index in [2.05, 4.69) is 31.5 Å². The average molecular weight is 315 g/mol. The normalized spacial score (nSPS) is 18.8. The van der Waals surface area contributed by atoms with Crippen LogP contribution in [0.15, 0.2) is 16.9 Å². The molecule has 1 aromatic rings. The molecule has 0 aliphatic carbocycles. The zero-order valence-corrected chi connectivity index (χ0v) is 11.4. The highest BCUT2D eigenvalue weighted by Crippen LogP contribution is 2.30. The van der Waals surface area contributed by atoms with Crippen LogP contribution in [-0.2, 0) is 0 Å². The van der Waals surface area contributed by atoms with Crippen molar-refractivity contribution in [3.63, 3.8) is 0 Å². The van der Waals surface area contributed by atoms with Gasteiger partial charge in [0.05, 0.1) is 9.40 Å². The molecular weight excluding hydrogens is 300 g/mol. The lowest BCUT2D eigenvalue weighted by molar-refractivity contribution is -0.384. The summed E-state index contributed by atoms with van der Waals surface area (Å²) in [6, 6.07) is 0.525. The number of nitro groups is 1. The third kappa shape index (κ3) is 3.17. The van der Waals surface area contributed by atoms with Crippen molar-refractivity contribution in [2.75, 3.05) is 18.4 Å². The molecule has 1 saturated heterocycles. The van der Waals surface area contributed by atoms with Gasteiger partial charge in [-0.05, 0) is 41.7 Å². The number of aromatic nitrogens is 1. The van der Waals surface area contributed by atoms with Gasteiger partial charge in [0.25, 0.3) is 0 Å². The molecule has 1 aliphatic heterocycles. The van der Waals surface area contributed by atoms with Gasteiger partial charge in [-0.25, -0.2) is 0 Å². The minimum Gasteiger partial charge on any atom is -0.378 e. The largest absolute Gasteiger partial charge is 0.378 e. The molecule has 0 bridgehead atoms. The second-order valence-corrected chi connectivity index (χ2v) is 5.14. The molecule has 0 amide bonds. The number of pyridine rings is 1. The Morgan fingerprint density at radius 3 is 3.11 bits per heavy atom. The van der Waals surface area contributed by atoms with Gasteiger partial charge in [-0.3, -0.25) is 15.1 Å². The topological polar surface area (TPSA) is 80.1 Å². The van der Waals surface area contributed by atoms with Gasteiger partial charge in [0, 0.05) is 18.8 Å². The molecule has 2 heterocycles. The standard InChI is InChI=1S/C11H15BrN4O2/c12-9-6-13-7-10(16(17)18)11(9)15-5-3-8-2-1-4-14-8/h6-8,14H,1-5H2,(H,13,15)/t8-/m0/s1. The van der Waals surface area contributed by atoms with Crippen molar-refractivity contribution in [2.24, 2.45) is 0 Å². The van der Waals surface area contributed by atoms with Crippen LogP contribution in [0.1, 0.15) is 19.3 Å². The Kier molecular flexibility index (Phi) is 4.48. The minimum atomic E-state index is -0.423. The van der Waals surface area contributed by atoms with Crippen molar-refractivity contribution in [3.8, 4) is 0 Å². The number of hydrogen-bond acceptors (Lipinski definition) is 5. The lowest BCUT2D eigenvalue weighted by atomic mass is 10.1. The Balaban J connectivity index is 1.97. The van der Waals surface area contributed by atoms with Crippen LogP contribution >= 0.6 is 15.9 Å². The predicted octanol–water partition coefficient (Wildman–Crippen LogP) is 2.31. The smallest absolute Gasteiger partial charge is 0.311 e. The Morgan fingerprint density at radius 1 is 1.61 bits per heavy atom. The van der Waals surface area contributed by atoms with Crippen molar-refractivity contribution in [1.82, 2.24) is 10.3 Å². The summed E-state index contributed by atoms with van der Waals surface area (Å²) in [6.45, 7) is 1.78. The molecular formula is C11H15BrN4O2. The molecule has 0 unspecified atom stereocenters. The summed E-state index contributed by atoms with van der Waals surface area (Å²) in [5, 5.41) is 17.4. The van der Waals surface area contributed by atoms with E-state index in [0.29, 0.717) is 22.7 Å². The van der Waals surface area contributed by atoms with Gasteiger partial charge in [-0.1, -0.05) is 0 Å². The zero-order valence-electron chi connectivity index (χ0n) is 9.86. The van der Waals surface area contributed by atoms with Crippen molar-refractivity contribution in [3.05, 3.63) is 27.0 Å². The molecule has 7 heteroatoms. The van der Waals surface area contributed by atoms with Crippen LogP contribution in [-0.4, -0.2) is 29.0 Å². The predicted molar refractivity (Wildman–Crippen MR) is 72.7 cm³/mol. The summed E-state index contributed by atoms with van der Waals surface area (Å²) in [7, 11) is 0. The van der Waals surface area contributed by atoms with Crippen LogP contribution in [0.25, 0.3) is 0 Å². The van der Waals surface area contributed by atoms with Gasteiger partial charge in [-0.15, -0.1) is 0 Å². The van der Waals surface area contributed by atoms with Gasteiger partial charge >= 0.3 is 5.69 Å². The van der Waals surface area contributed by atoms with E-state index in [1.807, 2.05) is 0 Å². The maximum absolute atomic E-state index is 10.9. The molecule has 1 aromatic heterocycles. The molecule has 1 atom stereocenters. The van der Waals surface area contributed by atoms with Crippen molar-refractivity contribution < 1.29 is 4.92 Å². The maximum Gasteiger partial charge on any atom is 0.311 e. The lowest BCUT2D eigenvalue weighted by Crippen LogP contribution is -2.24. The molecule has 1 aliphatic rings. The van der Waals surface area contributed by atoms with Crippen LogP contribution in [0.3, 0.4) is 0 Å². The highest BCUT2D eigenvalue weighted by molar-refractivity contribution is 9.10. The summed E-state index contributed by atoms with van der Waals surface area (Å²) in [5.41, 5.74) is 0.511. The first-order valence-electron chi connectivity index (χ1n) is 5.93. The molecule has 98 valence electrons. The molecule has 0 radical (unpaired) electrons. The first kappa shape index (κ1) is 13.2. The summed E-state index contributed by atoms with van der Waals surface area (Å²) < 4.78 is 0.621. The minimum absolute atomic E-state index is 0.00348. The molecule has 6 nitrogen and oxygen atoms in total. The van der Waals surface area contributed by atoms with E-state index in [1.165, 1.54) is 19.0 Å². The lowest BCUT2D eigenvalue weighted by Gasteiger charge is -2.12. The zero-order chi connectivity index (χ0) is 13.0. The van der Waals surface area contributed by atoms with Crippen LogP contribution in [0.5, 0.6) is 0 Å². The molecule has 0 aromatic carbocycles. The third-order valence-electron chi connectivity index (χ3n) is 3.03. The van der Waals surface area contributed by atoms with E-state index in [-0.39, 0.29) is 5.69 Å². The van der Waals surface area contributed by atoms with E-state index < -0.39 is 4.92 Å². The molecule has 1 fully saturated rings. The quantitative estimate of drug-likeness (QED) is 0.644. The van der Waals surface area contributed by atoms with Gasteiger partial charge in [-0.2, -0.15) is 0 Å². The van der Waals surface area contributed by atoms with E-state index in [1.54, 1.807) is 6.20 Å². The highest BCUT2D eigenvalue weighted by Gasteiger charge is 2.18. The average Bonchev–Trinajstić information content (AvgIpc) is 2.84. The number of halogens is 1. The monoisotopic (exact) mass is 314 g/mol. The Hall–Kier alpha value is -1.21. The van der Waals surface area contributed by atoms with Gasteiger partial charge in [0.2, 0.25) is 0 Å². The summed E-state index contributed by atoms with van der Waals surface area (Å²) in [5.74, 6) is 0. The van der Waals surface area contributed by atoms with Crippen molar-refractivity contribution >= 4 is 27.3 Å². The molecule has 2 N–H and O–H groups in total. The number of rotatable bonds is 5. The Bertz CT molecular complexity index is 435. The number of hydrogen-bond donors (Lipinski definition) is 2. The summed E-state index contributed by atoms with van der Waals surface area (Å²) in [6.07, 6.45) is 6.18. The first-order valence-corrected chi connectivity index (χ1v) is 6.73. The maximum atomic E-state index is 10.9. The SMILES string of the molecule is O=[N+]([O-])c1cncc(Br)c1NCC[C@@H]1CCCN1. The van der Waals surface area contributed by atoms with E-state index in [9.17, 15) is 10.1 Å². The van der Waals surface area contributed by atoms with E-state index in [0.717, 1.165) is 13.0 Å². The summed E-state index contributed by atoms with van der Waals surface area (Å²) >= 11 is 3.28. The third-order valence-corrected chi connectivity index (χ3v) is 3.63. The van der Waals surface area contributed by atoms with Crippen LogP contribution < -0.4 is 10.6 Å². The number of anilines is 1. The fraction of sp³-hybridized carbons (Fsp3) is 0.545. The molecule has 18 heavy (non-hydrogen) atoms. The van der Waals surface area contributed by atoms with Gasteiger partial charge in [0.15, 0.2) is 0 Å². The fourth-order valence-electron chi connectivity index (χ4n) is 2.11. The van der Waals surface area contributed by atoms with Crippen molar-refractivity contribution in [2.45, 2.75) is 25.3 Å². The number of nitrogens with one attached hydrogen (secondary N) is 2. The Labute approximate surface area is 113 Å². The summed E-state index contributed by atoms with van der Waals surface area (Å²) in [4.78, 5) is 14.3. The first-order chi connectivity index (χ1) is 8.68. The number of nitrogens with zero attached hydrogens (tertiary/aromatic N) is 2. The van der Waals surface area contributed by atoms with Crippen LogP contribution in [0.2, 0.25) is 0 Å².